The van der Waals surface area contributed by atoms with Crippen LogP contribution in [0.1, 0.15) is 38.9 Å². The first kappa shape index (κ1) is 17.7. The van der Waals surface area contributed by atoms with Crippen molar-refractivity contribution in [3.05, 3.63) is 70.9 Å². The van der Waals surface area contributed by atoms with E-state index in [1.807, 2.05) is 6.92 Å². The van der Waals surface area contributed by atoms with Crippen molar-refractivity contribution in [1.82, 2.24) is 4.57 Å². The number of nitrogens with zero attached hydrogens (tertiary/aromatic N) is 1. The Labute approximate surface area is 146 Å². The zero-order chi connectivity index (χ0) is 19.1. The number of aromatic nitrogens is 1. The predicted molar refractivity (Wildman–Crippen MR) is 89.4 cm³/mol. The summed E-state index contributed by atoms with van der Waals surface area (Å²) < 4.78 is 39.7. The van der Waals surface area contributed by atoms with Gasteiger partial charge in [-0.15, -0.1) is 0 Å². The molecule has 3 aromatic rings. The quantitative estimate of drug-likeness (QED) is 0.691. The molecule has 7 heteroatoms. The Morgan fingerprint density at radius 3 is 2.15 bits per heavy atom. The number of rotatable bonds is 4. The number of fused-ring (bicyclic) bond motifs is 1. The number of benzene rings is 2. The number of carboxylic acid groups (broad SMARTS) is 1. The maximum atomic E-state index is 12.8. The Balaban J connectivity index is 2.06. The fraction of sp³-hybridized carbons (Fsp3) is 0.158. The number of halogens is 3. The van der Waals surface area contributed by atoms with E-state index >= 15 is 0 Å². The third-order valence-corrected chi connectivity index (χ3v) is 4.17. The molecule has 0 unspecified atom stereocenters. The van der Waals surface area contributed by atoms with E-state index in [1.165, 1.54) is 12.1 Å². The molecule has 0 spiro atoms. The molecular formula is C19H14F3NO3. The van der Waals surface area contributed by atoms with Crippen molar-refractivity contribution < 1.29 is 27.9 Å². The molecule has 0 bridgehead atoms. The fourth-order valence-electron chi connectivity index (χ4n) is 2.89. The molecule has 0 amide bonds. The van der Waals surface area contributed by atoms with E-state index in [2.05, 4.69) is 0 Å². The molecule has 1 N–H and O–H groups in total. The molecule has 134 valence electrons. The summed E-state index contributed by atoms with van der Waals surface area (Å²) in [6.45, 7) is 2.28. The molecule has 3 rings (SSSR count). The number of hydrogen-bond donors (Lipinski definition) is 1. The number of aryl methyl sites for hydroxylation is 1. The molecule has 0 saturated carbocycles. The molecule has 0 aliphatic carbocycles. The van der Waals surface area contributed by atoms with Gasteiger partial charge in [0.1, 0.15) is 0 Å². The highest BCUT2D eigenvalue weighted by Crippen LogP contribution is 2.30. The van der Waals surface area contributed by atoms with Crippen molar-refractivity contribution in [2.75, 3.05) is 0 Å². The number of carboxylic acids is 1. The van der Waals surface area contributed by atoms with E-state index in [0.717, 1.165) is 24.3 Å². The first-order valence-corrected chi connectivity index (χ1v) is 7.81. The zero-order valence-corrected chi connectivity index (χ0v) is 13.7. The lowest BCUT2D eigenvalue weighted by Gasteiger charge is -2.09. The van der Waals surface area contributed by atoms with Crippen LogP contribution >= 0.6 is 0 Å². The van der Waals surface area contributed by atoms with Crippen LogP contribution in [-0.2, 0) is 12.7 Å². The van der Waals surface area contributed by atoms with E-state index in [1.54, 1.807) is 16.7 Å². The van der Waals surface area contributed by atoms with E-state index in [0.29, 0.717) is 23.1 Å². The van der Waals surface area contributed by atoms with Gasteiger partial charge in [-0.25, -0.2) is 4.79 Å². The van der Waals surface area contributed by atoms with Crippen molar-refractivity contribution in [3.8, 4) is 0 Å². The fourth-order valence-corrected chi connectivity index (χ4v) is 2.89. The Kier molecular flexibility index (Phi) is 4.31. The third-order valence-electron chi connectivity index (χ3n) is 4.17. The first-order chi connectivity index (χ1) is 12.2. The van der Waals surface area contributed by atoms with Gasteiger partial charge in [0.25, 0.3) is 0 Å². The van der Waals surface area contributed by atoms with Crippen molar-refractivity contribution in [2.45, 2.75) is 19.6 Å². The second-order valence-corrected chi connectivity index (χ2v) is 5.76. The minimum Gasteiger partial charge on any atom is -0.478 e. The van der Waals surface area contributed by atoms with Gasteiger partial charge in [0.2, 0.25) is 5.78 Å². The molecule has 0 radical (unpaired) electrons. The summed E-state index contributed by atoms with van der Waals surface area (Å²) in [4.78, 5) is 23.9. The Morgan fingerprint density at radius 2 is 1.62 bits per heavy atom. The van der Waals surface area contributed by atoms with Crippen LogP contribution in [0.15, 0.2) is 48.5 Å². The van der Waals surface area contributed by atoms with Crippen molar-refractivity contribution >= 4 is 22.7 Å². The van der Waals surface area contributed by atoms with Gasteiger partial charge in [0, 0.05) is 23.0 Å². The lowest BCUT2D eigenvalue weighted by atomic mass is 10.1. The van der Waals surface area contributed by atoms with Crippen LogP contribution in [0.3, 0.4) is 0 Å². The Hall–Kier alpha value is -3.09. The van der Waals surface area contributed by atoms with Crippen molar-refractivity contribution in [2.24, 2.45) is 0 Å². The minimum absolute atomic E-state index is 0.0966. The average molecular weight is 361 g/mol. The molecule has 26 heavy (non-hydrogen) atoms. The van der Waals surface area contributed by atoms with Gasteiger partial charge >= 0.3 is 12.1 Å². The van der Waals surface area contributed by atoms with Gasteiger partial charge in [0.15, 0.2) is 0 Å². The molecule has 0 aliphatic rings. The van der Waals surface area contributed by atoms with Crippen molar-refractivity contribution in [1.29, 1.82) is 0 Å². The summed E-state index contributed by atoms with van der Waals surface area (Å²) in [5.41, 5.74) is 0.391. The lowest BCUT2D eigenvalue weighted by Crippen LogP contribution is -2.10. The van der Waals surface area contributed by atoms with Crippen LogP contribution in [0.2, 0.25) is 0 Å². The van der Waals surface area contributed by atoms with Crippen LogP contribution in [0, 0.1) is 0 Å². The topological polar surface area (TPSA) is 59.3 Å². The van der Waals surface area contributed by atoms with E-state index < -0.39 is 23.5 Å². The van der Waals surface area contributed by atoms with Crippen LogP contribution in [-0.4, -0.2) is 21.4 Å². The summed E-state index contributed by atoms with van der Waals surface area (Å²) in [7, 11) is 0. The molecule has 1 aromatic heterocycles. The van der Waals surface area contributed by atoms with Crippen LogP contribution in [0.4, 0.5) is 13.2 Å². The number of aromatic carboxylic acids is 1. The predicted octanol–water partition coefficient (Wildman–Crippen LogP) is 4.61. The van der Waals surface area contributed by atoms with Crippen molar-refractivity contribution in [3.63, 3.8) is 0 Å². The maximum Gasteiger partial charge on any atom is 0.416 e. The largest absolute Gasteiger partial charge is 0.478 e. The number of alkyl halides is 3. The molecule has 0 saturated heterocycles. The van der Waals surface area contributed by atoms with E-state index in [9.17, 15) is 22.8 Å². The highest BCUT2D eigenvalue weighted by molar-refractivity contribution is 6.11. The number of ketones is 1. The van der Waals surface area contributed by atoms with Gasteiger partial charge in [-0.3, -0.25) is 4.79 Å². The second kappa shape index (κ2) is 6.33. The number of carbonyl (C=O) groups is 2. The molecule has 0 fully saturated rings. The number of carbonyl (C=O) groups excluding carboxylic acids is 1. The average Bonchev–Trinajstić information content (AvgIpc) is 2.98. The monoisotopic (exact) mass is 361 g/mol. The number of hydrogen-bond acceptors (Lipinski definition) is 2. The molecule has 0 aliphatic heterocycles. The summed E-state index contributed by atoms with van der Waals surface area (Å²) in [6.07, 6.45) is -4.47. The van der Waals surface area contributed by atoms with Gasteiger partial charge in [-0.2, -0.15) is 13.2 Å². The van der Waals surface area contributed by atoms with Crippen LogP contribution in [0.5, 0.6) is 0 Å². The standard InChI is InChI=1S/C19H14F3NO3/c1-2-23-15-8-5-12(18(25)26)9-13(15)10-16(23)17(24)11-3-6-14(7-4-11)19(20,21)22/h3-10H,2H2,1H3,(H,25,26). The highest BCUT2D eigenvalue weighted by Gasteiger charge is 2.30. The van der Waals surface area contributed by atoms with Crippen LogP contribution in [0.25, 0.3) is 10.9 Å². The van der Waals surface area contributed by atoms with Gasteiger partial charge in [0.05, 0.1) is 16.8 Å². The Morgan fingerprint density at radius 1 is 1.00 bits per heavy atom. The van der Waals surface area contributed by atoms with Gasteiger partial charge < -0.3 is 9.67 Å². The lowest BCUT2D eigenvalue weighted by molar-refractivity contribution is -0.137. The molecule has 0 atom stereocenters. The molecular weight excluding hydrogens is 347 g/mol. The van der Waals surface area contributed by atoms with Gasteiger partial charge in [-0.1, -0.05) is 12.1 Å². The summed E-state index contributed by atoms with van der Waals surface area (Å²) in [5.74, 6) is -1.50. The summed E-state index contributed by atoms with van der Waals surface area (Å²) in [6, 6.07) is 10.1. The molecule has 2 aromatic carbocycles. The van der Waals surface area contributed by atoms with E-state index in [4.69, 9.17) is 5.11 Å². The van der Waals surface area contributed by atoms with Crippen LogP contribution < -0.4 is 0 Å². The SMILES string of the molecule is CCn1c(C(=O)c2ccc(C(F)(F)F)cc2)cc2cc(C(=O)O)ccc21. The minimum atomic E-state index is -4.47. The third kappa shape index (κ3) is 3.08. The first-order valence-electron chi connectivity index (χ1n) is 7.81. The van der Waals surface area contributed by atoms with Gasteiger partial charge in [-0.05, 0) is 43.3 Å². The normalized spacial score (nSPS) is 11.7. The maximum absolute atomic E-state index is 12.8. The molecule has 4 nitrogen and oxygen atoms in total. The summed E-state index contributed by atoms with van der Waals surface area (Å²) >= 11 is 0. The summed E-state index contributed by atoms with van der Waals surface area (Å²) in [5, 5.41) is 9.68. The molecule has 1 heterocycles. The van der Waals surface area contributed by atoms with E-state index in [-0.39, 0.29) is 11.1 Å². The smallest absolute Gasteiger partial charge is 0.416 e. The zero-order valence-electron chi connectivity index (χ0n) is 13.7. The second-order valence-electron chi connectivity index (χ2n) is 5.76. The highest BCUT2D eigenvalue weighted by atomic mass is 19.4. The Bertz CT molecular complexity index is 1000.